The van der Waals surface area contributed by atoms with Gasteiger partial charge in [-0.1, -0.05) is 20.8 Å². The van der Waals surface area contributed by atoms with Gasteiger partial charge in [0.2, 0.25) is 0 Å². The fourth-order valence-electron chi connectivity index (χ4n) is 2.41. The van der Waals surface area contributed by atoms with Crippen molar-refractivity contribution in [2.75, 3.05) is 0 Å². The second kappa shape index (κ2) is 4.21. The third-order valence-corrected chi connectivity index (χ3v) is 3.16. The Morgan fingerprint density at radius 3 is 2.62 bits per heavy atom. The smallest absolute Gasteiger partial charge is 0.123 e. The number of imidazole rings is 1. The summed E-state index contributed by atoms with van der Waals surface area (Å²) in [5.74, 6) is 0.988. The lowest BCUT2D eigenvalue weighted by Gasteiger charge is -2.21. The van der Waals surface area contributed by atoms with Gasteiger partial charge in [-0.2, -0.15) is 0 Å². The number of rotatable bonds is 2. The molecule has 0 aliphatic heterocycles. The van der Waals surface area contributed by atoms with Gasteiger partial charge in [0.1, 0.15) is 5.82 Å². The largest absolute Gasteiger partial charge is 0.344 e. The van der Waals surface area contributed by atoms with Crippen LogP contribution in [-0.4, -0.2) is 9.97 Å². The van der Waals surface area contributed by atoms with Gasteiger partial charge in [0.05, 0.1) is 11.7 Å². The van der Waals surface area contributed by atoms with Gasteiger partial charge >= 0.3 is 0 Å². The summed E-state index contributed by atoms with van der Waals surface area (Å²) < 4.78 is 0. The van der Waals surface area contributed by atoms with Crippen LogP contribution in [0.4, 0.5) is 0 Å². The molecule has 0 amide bonds. The minimum atomic E-state index is 0.0469. The predicted molar refractivity (Wildman–Crippen MR) is 66.2 cm³/mol. The fraction of sp³-hybridized carbons (Fsp3) is 0.769. The maximum absolute atomic E-state index is 6.20. The molecule has 3 nitrogen and oxygen atoms in total. The Morgan fingerprint density at radius 1 is 1.31 bits per heavy atom. The number of aromatic amines is 1. The van der Waals surface area contributed by atoms with Crippen molar-refractivity contribution < 1.29 is 0 Å². The van der Waals surface area contributed by atoms with Crippen LogP contribution in [0, 0.1) is 5.41 Å². The van der Waals surface area contributed by atoms with E-state index < -0.39 is 0 Å². The van der Waals surface area contributed by atoms with Crippen molar-refractivity contribution in [1.29, 1.82) is 0 Å². The van der Waals surface area contributed by atoms with Gasteiger partial charge in [0.25, 0.3) is 0 Å². The van der Waals surface area contributed by atoms with E-state index in [-0.39, 0.29) is 11.5 Å². The van der Waals surface area contributed by atoms with E-state index >= 15 is 0 Å². The molecule has 1 aliphatic rings. The molecular weight excluding hydrogens is 198 g/mol. The average molecular weight is 221 g/mol. The highest BCUT2D eigenvalue weighted by molar-refractivity contribution is 5.19. The SMILES string of the molecule is CC(C)(C)CC(N)c1nc2c([nH]1)CCCC2. The van der Waals surface area contributed by atoms with Crippen LogP contribution in [0.5, 0.6) is 0 Å². The van der Waals surface area contributed by atoms with Crippen LogP contribution >= 0.6 is 0 Å². The third kappa shape index (κ3) is 2.64. The van der Waals surface area contributed by atoms with E-state index in [4.69, 9.17) is 5.73 Å². The summed E-state index contributed by atoms with van der Waals surface area (Å²) in [5, 5.41) is 0. The summed E-state index contributed by atoms with van der Waals surface area (Å²) in [5.41, 5.74) is 9.04. The molecule has 16 heavy (non-hydrogen) atoms. The Bertz CT molecular complexity index is 336. The summed E-state index contributed by atoms with van der Waals surface area (Å²) >= 11 is 0. The number of hydrogen-bond acceptors (Lipinski definition) is 2. The van der Waals surface area contributed by atoms with Crippen molar-refractivity contribution in [3.63, 3.8) is 0 Å². The molecule has 1 unspecified atom stereocenters. The van der Waals surface area contributed by atoms with Crippen LogP contribution in [0.25, 0.3) is 0 Å². The summed E-state index contributed by atoms with van der Waals surface area (Å²) in [7, 11) is 0. The molecule has 0 spiro atoms. The highest BCUT2D eigenvalue weighted by Gasteiger charge is 2.22. The normalized spacial score (nSPS) is 18.2. The van der Waals surface area contributed by atoms with Crippen molar-refractivity contribution in [2.24, 2.45) is 11.1 Å². The maximum atomic E-state index is 6.20. The summed E-state index contributed by atoms with van der Waals surface area (Å²) in [6.45, 7) is 6.65. The second-order valence-electron chi connectivity index (χ2n) is 6.13. The van der Waals surface area contributed by atoms with E-state index in [0.29, 0.717) is 0 Å². The van der Waals surface area contributed by atoms with Gasteiger partial charge in [0, 0.05) is 5.69 Å². The molecule has 1 atom stereocenters. The molecule has 1 aromatic heterocycles. The topological polar surface area (TPSA) is 54.7 Å². The molecule has 2 rings (SSSR count). The summed E-state index contributed by atoms with van der Waals surface area (Å²) in [4.78, 5) is 8.07. The van der Waals surface area contributed by atoms with E-state index in [1.165, 1.54) is 24.2 Å². The predicted octanol–water partition coefficient (Wildman–Crippen LogP) is 2.72. The lowest BCUT2D eigenvalue weighted by atomic mass is 9.88. The number of aromatic nitrogens is 2. The zero-order valence-corrected chi connectivity index (χ0v) is 10.6. The van der Waals surface area contributed by atoms with Crippen molar-refractivity contribution in [2.45, 2.75) is 58.9 Å². The minimum Gasteiger partial charge on any atom is -0.344 e. The van der Waals surface area contributed by atoms with Crippen LogP contribution in [0.15, 0.2) is 0 Å². The van der Waals surface area contributed by atoms with Crippen molar-refractivity contribution in [1.82, 2.24) is 9.97 Å². The summed E-state index contributed by atoms with van der Waals surface area (Å²) in [6.07, 6.45) is 5.78. The second-order valence-corrected chi connectivity index (χ2v) is 6.13. The van der Waals surface area contributed by atoms with Crippen LogP contribution in [0.3, 0.4) is 0 Å². The van der Waals surface area contributed by atoms with Crippen LogP contribution < -0.4 is 5.73 Å². The van der Waals surface area contributed by atoms with E-state index in [1.54, 1.807) is 0 Å². The molecule has 1 aromatic rings. The zero-order valence-electron chi connectivity index (χ0n) is 10.6. The minimum absolute atomic E-state index is 0.0469. The molecule has 0 aromatic carbocycles. The Morgan fingerprint density at radius 2 is 2.00 bits per heavy atom. The number of H-pyrrole nitrogens is 1. The highest BCUT2D eigenvalue weighted by Crippen LogP contribution is 2.28. The number of nitrogens with one attached hydrogen (secondary N) is 1. The lowest BCUT2D eigenvalue weighted by molar-refractivity contribution is 0.337. The van der Waals surface area contributed by atoms with Crippen LogP contribution in [0.1, 0.15) is 63.3 Å². The van der Waals surface area contributed by atoms with Crippen molar-refractivity contribution in [3.8, 4) is 0 Å². The molecule has 0 saturated carbocycles. The Balaban J connectivity index is 2.12. The van der Waals surface area contributed by atoms with Crippen LogP contribution in [-0.2, 0) is 12.8 Å². The molecule has 0 bridgehead atoms. The Hall–Kier alpha value is -0.830. The summed E-state index contributed by atoms with van der Waals surface area (Å²) in [6, 6.07) is 0.0469. The number of fused-ring (bicyclic) bond motifs is 1. The molecule has 0 radical (unpaired) electrons. The van der Waals surface area contributed by atoms with Crippen molar-refractivity contribution in [3.05, 3.63) is 17.2 Å². The fourth-order valence-corrected chi connectivity index (χ4v) is 2.41. The maximum Gasteiger partial charge on any atom is 0.123 e. The molecule has 1 aliphatic carbocycles. The molecular formula is C13H23N3. The third-order valence-electron chi connectivity index (χ3n) is 3.16. The Kier molecular flexibility index (Phi) is 3.06. The highest BCUT2D eigenvalue weighted by atomic mass is 15.0. The van der Waals surface area contributed by atoms with Gasteiger partial charge in [0.15, 0.2) is 0 Å². The van der Waals surface area contributed by atoms with Gasteiger partial charge < -0.3 is 10.7 Å². The molecule has 3 N–H and O–H groups in total. The first-order valence-electron chi connectivity index (χ1n) is 6.29. The molecule has 1 heterocycles. The van der Waals surface area contributed by atoms with Crippen molar-refractivity contribution >= 4 is 0 Å². The number of nitrogens with two attached hydrogens (primary N) is 1. The average Bonchev–Trinajstić information content (AvgIpc) is 2.58. The number of nitrogens with zero attached hydrogens (tertiary/aromatic N) is 1. The molecule has 3 heteroatoms. The lowest BCUT2D eigenvalue weighted by Crippen LogP contribution is -2.19. The quantitative estimate of drug-likeness (QED) is 0.806. The first kappa shape index (κ1) is 11.6. The van der Waals surface area contributed by atoms with Gasteiger partial charge in [-0.25, -0.2) is 4.98 Å². The van der Waals surface area contributed by atoms with Gasteiger partial charge in [-0.05, 0) is 37.5 Å². The van der Waals surface area contributed by atoms with Gasteiger partial charge in [-0.15, -0.1) is 0 Å². The first-order valence-corrected chi connectivity index (χ1v) is 6.29. The van der Waals surface area contributed by atoms with Gasteiger partial charge in [-0.3, -0.25) is 0 Å². The number of aryl methyl sites for hydroxylation is 2. The molecule has 90 valence electrons. The zero-order chi connectivity index (χ0) is 11.8. The first-order chi connectivity index (χ1) is 7.46. The molecule has 0 fully saturated rings. The van der Waals surface area contributed by atoms with E-state index in [9.17, 15) is 0 Å². The monoisotopic (exact) mass is 221 g/mol. The number of hydrogen-bond donors (Lipinski definition) is 2. The molecule has 0 saturated heterocycles. The Labute approximate surface area is 97.8 Å². The standard InChI is InChI=1S/C13H23N3/c1-13(2,3)8-9(14)12-15-10-6-4-5-7-11(10)16-12/h9H,4-8,14H2,1-3H3,(H,15,16). The van der Waals surface area contributed by atoms with E-state index in [2.05, 4.69) is 30.7 Å². The van der Waals surface area contributed by atoms with E-state index in [1.807, 2.05) is 0 Å². The van der Waals surface area contributed by atoms with Crippen LogP contribution in [0.2, 0.25) is 0 Å². The van der Waals surface area contributed by atoms with E-state index in [0.717, 1.165) is 25.1 Å².